The largest absolute Gasteiger partial charge is 0.504 e. The molecule has 0 unspecified atom stereocenters. The third-order valence-corrected chi connectivity index (χ3v) is 3.96. The van der Waals surface area contributed by atoms with Crippen molar-refractivity contribution in [2.24, 2.45) is 0 Å². The Balaban J connectivity index is 1.98. The van der Waals surface area contributed by atoms with E-state index in [0.717, 1.165) is 4.90 Å². The molecule has 1 aliphatic rings. The third-order valence-electron chi connectivity index (χ3n) is 3.96. The number of amides is 3. The first-order chi connectivity index (χ1) is 12.5. The van der Waals surface area contributed by atoms with Crippen molar-refractivity contribution in [3.8, 4) is 11.5 Å². The first-order valence-corrected chi connectivity index (χ1v) is 7.98. The van der Waals surface area contributed by atoms with Gasteiger partial charge in [-0.25, -0.2) is 9.69 Å². The van der Waals surface area contributed by atoms with Crippen LogP contribution in [-0.4, -0.2) is 24.2 Å². The van der Waals surface area contributed by atoms with Gasteiger partial charge in [0.2, 0.25) is 0 Å². The molecule has 3 rings (SSSR count). The lowest BCUT2D eigenvalue weighted by atomic mass is 10.0. The van der Waals surface area contributed by atoms with E-state index in [4.69, 9.17) is 4.74 Å². The van der Waals surface area contributed by atoms with Crippen LogP contribution in [0.4, 0.5) is 10.5 Å². The minimum Gasteiger partial charge on any atom is -0.504 e. The lowest BCUT2D eigenvalue weighted by Gasteiger charge is -2.11. The van der Waals surface area contributed by atoms with Gasteiger partial charge in [0.15, 0.2) is 11.5 Å². The van der Waals surface area contributed by atoms with Crippen molar-refractivity contribution in [2.45, 2.75) is 6.42 Å². The number of methoxy groups -OCH3 is 1. The highest BCUT2D eigenvalue weighted by Crippen LogP contribution is 2.33. The lowest BCUT2D eigenvalue weighted by molar-refractivity contribution is -0.113. The summed E-state index contributed by atoms with van der Waals surface area (Å²) in [5.41, 5.74) is 1.88. The number of nitrogens with zero attached hydrogens (tertiary/aromatic N) is 1. The van der Waals surface area contributed by atoms with E-state index in [1.165, 1.54) is 7.11 Å². The van der Waals surface area contributed by atoms with Gasteiger partial charge in [0.1, 0.15) is 5.70 Å². The van der Waals surface area contributed by atoms with Gasteiger partial charge in [-0.05, 0) is 42.3 Å². The number of ether oxygens (including phenoxy) is 1. The fourth-order valence-electron chi connectivity index (χ4n) is 2.75. The summed E-state index contributed by atoms with van der Waals surface area (Å²) in [7, 11) is 1.45. The van der Waals surface area contributed by atoms with Gasteiger partial charge in [-0.3, -0.25) is 4.79 Å². The van der Waals surface area contributed by atoms with Crippen LogP contribution in [0.3, 0.4) is 0 Å². The highest BCUT2D eigenvalue weighted by molar-refractivity contribution is 6.28. The number of carbonyl (C=O) groups is 2. The van der Waals surface area contributed by atoms with Crippen molar-refractivity contribution < 1.29 is 19.4 Å². The first-order valence-electron chi connectivity index (χ1n) is 7.98. The normalized spacial score (nSPS) is 15.3. The monoisotopic (exact) mass is 350 g/mol. The second-order valence-electron chi connectivity index (χ2n) is 5.69. The Kier molecular flexibility index (Phi) is 4.75. The van der Waals surface area contributed by atoms with Crippen molar-refractivity contribution in [1.82, 2.24) is 5.32 Å². The van der Waals surface area contributed by atoms with E-state index in [1.54, 1.807) is 48.6 Å². The maximum absolute atomic E-state index is 12.6. The van der Waals surface area contributed by atoms with Crippen LogP contribution in [0.5, 0.6) is 11.5 Å². The predicted molar refractivity (Wildman–Crippen MR) is 99.0 cm³/mol. The van der Waals surface area contributed by atoms with E-state index in [1.807, 2.05) is 6.07 Å². The second kappa shape index (κ2) is 7.14. The first kappa shape index (κ1) is 17.3. The van der Waals surface area contributed by atoms with Crippen molar-refractivity contribution in [2.75, 3.05) is 12.0 Å². The topological polar surface area (TPSA) is 78.9 Å². The summed E-state index contributed by atoms with van der Waals surface area (Å²) < 4.78 is 5.18. The number of rotatable bonds is 5. The number of para-hydroxylation sites is 1. The molecule has 2 aromatic carbocycles. The molecule has 6 nitrogen and oxygen atoms in total. The average Bonchev–Trinajstić information content (AvgIpc) is 2.92. The van der Waals surface area contributed by atoms with E-state index in [2.05, 4.69) is 11.9 Å². The zero-order valence-electron chi connectivity index (χ0n) is 14.2. The number of hydrogen-bond donors (Lipinski definition) is 2. The van der Waals surface area contributed by atoms with Crippen molar-refractivity contribution in [1.29, 1.82) is 0 Å². The van der Waals surface area contributed by atoms with Gasteiger partial charge in [-0.2, -0.15) is 0 Å². The molecule has 26 heavy (non-hydrogen) atoms. The average molecular weight is 350 g/mol. The zero-order valence-corrected chi connectivity index (χ0v) is 14.2. The molecule has 0 atom stereocenters. The molecule has 1 saturated heterocycles. The smallest absolute Gasteiger partial charge is 0.333 e. The minimum atomic E-state index is -0.510. The Morgan fingerprint density at radius 1 is 1.23 bits per heavy atom. The van der Waals surface area contributed by atoms with Gasteiger partial charge in [0.25, 0.3) is 5.91 Å². The summed E-state index contributed by atoms with van der Waals surface area (Å²) in [6.45, 7) is 3.67. The SMILES string of the molecule is C=CCc1cc(C=C2NC(=O)N(c3ccccc3)C2=O)cc(OC)c1O. The predicted octanol–water partition coefficient (Wildman–Crippen LogP) is 3.23. The Hall–Kier alpha value is -3.54. The number of aromatic hydroxyl groups is 1. The molecular formula is C20H18N2O4. The van der Waals surface area contributed by atoms with E-state index in [0.29, 0.717) is 23.2 Å². The van der Waals surface area contributed by atoms with Crippen LogP contribution in [0.15, 0.2) is 60.8 Å². The van der Waals surface area contributed by atoms with Crippen LogP contribution in [0.1, 0.15) is 11.1 Å². The Labute approximate surface area is 151 Å². The van der Waals surface area contributed by atoms with Gasteiger partial charge < -0.3 is 15.2 Å². The maximum Gasteiger partial charge on any atom is 0.333 e. The molecule has 0 radical (unpaired) electrons. The van der Waals surface area contributed by atoms with E-state index < -0.39 is 11.9 Å². The molecule has 0 aliphatic carbocycles. The highest BCUT2D eigenvalue weighted by atomic mass is 16.5. The van der Waals surface area contributed by atoms with E-state index >= 15 is 0 Å². The number of phenols is 1. The van der Waals surface area contributed by atoms with Crippen molar-refractivity contribution in [3.63, 3.8) is 0 Å². The molecule has 0 saturated carbocycles. The number of imide groups is 1. The quantitative estimate of drug-likeness (QED) is 0.493. The molecule has 0 aromatic heterocycles. The van der Waals surface area contributed by atoms with Crippen LogP contribution < -0.4 is 15.0 Å². The number of hydrogen-bond acceptors (Lipinski definition) is 4. The number of nitrogens with one attached hydrogen (secondary N) is 1. The molecule has 1 aliphatic heterocycles. The molecule has 1 heterocycles. The maximum atomic E-state index is 12.6. The third kappa shape index (κ3) is 3.17. The van der Waals surface area contributed by atoms with E-state index in [9.17, 15) is 14.7 Å². The van der Waals surface area contributed by atoms with Crippen molar-refractivity contribution in [3.05, 3.63) is 71.9 Å². The van der Waals surface area contributed by atoms with Crippen LogP contribution in [0, 0.1) is 0 Å². The number of carbonyl (C=O) groups excluding carboxylic acids is 2. The number of urea groups is 1. The molecule has 3 amide bonds. The summed E-state index contributed by atoms with van der Waals surface area (Å²) in [5, 5.41) is 12.7. The van der Waals surface area contributed by atoms with Gasteiger partial charge in [0.05, 0.1) is 12.8 Å². The van der Waals surface area contributed by atoms with Gasteiger partial charge in [0, 0.05) is 5.56 Å². The number of benzene rings is 2. The molecule has 6 heteroatoms. The zero-order chi connectivity index (χ0) is 18.7. The van der Waals surface area contributed by atoms with Crippen molar-refractivity contribution >= 4 is 23.7 Å². The van der Waals surface area contributed by atoms with Gasteiger partial charge in [-0.1, -0.05) is 24.3 Å². The standard InChI is InChI=1S/C20H18N2O4/c1-3-7-14-10-13(12-17(26-2)18(14)23)11-16-19(24)22(20(25)21-16)15-8-5-4-6-9-15/h3-6,8-12,23H,1,7H2,2H3,(H,21,25). The molecule has 0 bridgehead atoms. The second-order valence-corrected chi connectivity index (χ2v) is 5.69. The summed E-state index contributed by atoms with van der Waals surface area (Å²) in [6, 6.07) is 11.5. The van der Waals surface area contributed by atoms with Crippen LogP contribution >= 0.6 is 0 Å². The molecule has 2 N–H and O–H groups in total. The Bertz CT molecular complexity index is 904. The molecule has 132 valence electrons. The molecule has 2 aromatic rings. The fraction of sp³-hybridized carbons (Fsp3) is 0.100. The lowest BCUT2D eigenvalue weighted by Crippen LogP contribution is -2.30. The fourth-order valence-corrected chi connectivity index (χ4v) is 2.75. The van der Waals surface area contributed by atoms with Gasteiger partial charge in [-0.15, -0.1) is 6.58 Å². The number of allylic oxidation sites excluding steroid dienone is 1. The van der Waals surface area contributed by atoms with Crippen LogP contribution in [0.25, 0.3) is 6.08 Å². The molecular weight excluding hydrogens is 332 g/mol. The summed E-state index contributed by atoms with van der Waals surface area (Å²) >= 11 is 0. The number of anilines is 1. The van der Waals surface area contributed by atoms with E-state index in [-0.39, 0.29) is 17.2 Å². The van der Waals surface area contributed by atoms with Gasteiger partial charge >= 0.3 is 6.03 Å². The highest BCUT2D eigenvalue weighted by Gasteiger charge is 2.34. The summed E-state index contributed by atoms with van der Waals surface area (Å²) in [4.78, 5) is 25.9. The van der Waals surface area contributed by atoms with Crippen LogP contribution in [-0.2, 0) is 11.2 Å². The number of phenolic OH excluding ortho intramolecular Hbond substituents is 1. The molecule has 0 spiro atoms. The Morgan fingerprint density at radius 2 is 1.96 bits per heavy atom. The summed E-state index contributed by atoms with van der Waals surface area (Å²) in [5.74, 6) is -0.131. The summed E-state index contributed by atoms with van der Waals surface area (Å²) in [6.07, 6.45) is 3.65. The molecule has 1 fully saturated rings. The van der Waals surface area contributed by atoms with Crippen LogP contribution in [0.2, 0.25) is 0 Å². The minimum absolute atomic E-state index is 0.0299. The Morgan fingerprint density at radius 3 is 2.62 bits per heavy atom.